The summed E-state index contributed by atoms with van der Waals surface area (Å²) in [6.07, 6.45) is 4.93. The number of terminal acetylenes is 1. The third-order valence-corrected chi connectivity index (χ3v) is 2.88. The lowest BCUT2D eigenvalue weighted by Gasteiger charge is -2.36. The summed E-state index contributed by atoms with van der Waals surface area (Å²) in [5, 5.41) is 0. The van der Waals surface area contributed by atoms with Crippen molar-refractivity contribution < 1.29 is 14.3 Å². The van der Waals surface area contributed by atoms with E-state index in [2.05, 4.69) is 5.92 Å². The maximum absolute atomic E-state index is 11.9. The van der Waals surface area contributed by atoms with E-state index in [9.17, 15) is 4.79 Å². The zero-order valence-electron chi connectivity index (χ0n) is 9.78. The summed E-state index contributed by atoms with van der Waals surface area (Å²) in [5.41, 5.74) is -0.797. The first kappa shape index (κ1) is 14.6. The van der Waals surface area contributed by atoms with Gasteiger partial charge in [-0.1, -0.05) is 29.1 Å². The third kappa shape index (κ3) is 3.75. The van der Waals surface area contributed by atoms with E-state index in [4.69, 9.17) is 39.1 Å². The zero-order valence-corrected chi connectivity index (χ0v) is 11.3. The van der Waals surface area contributed by atoms with Gasteiger partial charge in [-0.3, -0.25) is 4.79 Å². The first-order valence-electron chi connectivity index (χ1n) is 5.19. The van der Waals surface area contributed by atoms with Crippen molar-refractivity contribution in [1.29, 1.82) is 0 Å². The summed E-state index contributed by atoms with van der Waals surface area (Å²) in [6, 6.07) is 0. The highest BCUT2D eigenvalue weighted by Crippen LogP contribution is 2.20. The van der Waals surface area contributed by atoms with E-state index >= 15 is 0 Å². The predicted molar refractivity (Wildman–Crippen MR) is 65.8 cm³/mol. The molecule has 96 valence electrons. The van der Waals surface area contributed by atoms with Crippen LogP contribution >= 0.6 is 23.2 Å². The molecule has 0 aromatic rings. The lowest BCUT2D eigenvalue weighted by Crippen LogP contribution is -2.52. The highest BCUT2D eigenvalue weighted by atomic mass is 35.5. The molecule has 1 aliphatic rings. The standard InChI is InChI=1S/C11H15Cl2NO3/c1-4-11(2,3)14(10(15)9(12)13)7-8-16-5-6-17-8/h1,8-9H,5-7H2,2-3H3. The molecule has 1 heterocycles. The van der Waals surface area contributed by atoms with Gasteiger partial charge in [0.1, 0.15) is 0 Å². The number of rotatable bonds is 4. The number of ether oxygens (including phenoxy) is 2. The fourth-order valence-corrected chi connectivity index (χ4v) is 1.69. The molecule has 0 aromatic heterocycles. The second-order valence-corrected chi connectivity index (χ2v) is 5.22. The van der Waals surface area contributed by atoms with Crippen molar-refractivity contribution in [2.75, 3.05) is 19.8 Å². The Bertz CT molecular complexity index is 319. The van der Waals surface area contributed by atoms with Crippen LogP contribution in [0.15, 0.2) is 0 Å². The van der Waals surface area contributed by atoms with Crippen molar-refractivity contribution in [3.63, 3.8) is 0 Å². The molecule has 0 aromatic carbocycles. The number of halogens is 2. The third-order valence-electron chi connectivity index (χ3n) is 2.50. The van der Waals surface area contributed by atoms with Crippen molar-refractivity contribution in [3.05, 3.63) is 0 Å². The van der Waals surface area contributed by atoms with Crippen molar-refractivity contribution >= 4 is 29.1 Å². The summed E-state index contributed by atoms with van der Waals surface area (Å²) >= 11 is 11.2. The summed E-state index contributed by atoms with van der Waals surface area (Å²) in [4.78, 5) is 12.1. The number of carbonyl (C=O) groups is 1. The number of nitrogens with zero attached hydrogens (tertiary/aromatic N) is 1. The molecule has 1 aliphatic heterocycles. The average molecular weight is 280 g/mol. The highest BCUT2D eigenvalue weighted by molar-refractivity contribution is 6.53. The topological polar surface area (TPSA) is 38.8 Å². The van der Waals surface area contributed by atoms with E-state index < -0.39 is 22.6 Å². The summed E-state index contributed by atoms with van der Waals surface area (Å²) in [6.45, 7) is 4.70. The van der Waals surface area contributed by atoms with Crippen molar-refractivity contribution in [2.45, 2.75) is 30.5 Å². The van der Waals surface area contributed by atoms with Crippen molar-refractivity contribution in [1.82, 2.24) is 4.90 Å². The zero-order chi connectivity index (χ0) is 13.1. The molecule has 0 bridgehead atoms. The number of hydrogen-bond acceptors (Lipinski definition) is 3. The molecule has 0 radical (unpaired) electrons. The van der Waals surface area contributed by atoms with Crippen LogP contribution in [0.1, 0.15) is 13.8 Å². The number of alkyl halides is 2. The molecular formula is C11H15Cl2NO3. The van der Waals surface area contributed by atoms with Gasteiger partial charge in [-0.05, 0) is 13.8 Å². The van der Waals surface area contributed by atoms with E-state index in [0.29, 0.717) is 13.2 Å². The Balaban J connectivity index is 2.79. The van der Waals surface area contributed by atoms with Crippen LogP contribution in [0.4, 0.5) is 0 Å². The SMILES string of the molecule is C#CC(C)(C)N(CC1OCCO1)C(=O)C(Cl)Cl. The van der Waals surface area contributed by atoms with Gasteiger partial charge in [0.05, 0.1) is 25.3 Å². The minimum Gasteiger partial charge on any atom is -0.348 e. The summed E-state index contributed by atoms with van der Waals surface area (Å²) in [7, 11) is 0. The van der Waals surface area contributed by atoms with Gasteiger partial charge >= 0.3 is 0 Å². The molecule has 1 saturated heterocycles. The fraction of sp³-hybridized carbons (Fsp3) is 0.727. The smallest absolute Gasteiger partial charge is 0.257 e. The molecular weight excluding hydrogens is 265 g/mol. The van der Waals surface area contributed by atoms with Gasteiger partial charge < -0.3 is 14.4 Å². The highest BCUT2D eigenvalue weighted by Gasteiger charge is 2.35. The largest absolute Gasteiger partial charge is 0.348 e. The average Bonchev–Trinajstić information content (AvgIpc) is 2.77. The lowest BCUT2D eigenvalue weighted by atomic mass is 10.0. The normalized spacial score (nSPS) is 17.2. The van der Waals surface area contributed by atoms with Crippen LogP contribution in [0.3, 0.4) is 0 Å². The van der Waals surface area contributed by atoms with Crippen LogP contribution in [0.2, 0.25) is 0 Å². The molecule has 0 unspecified atom stereocenters. The van der Waals surface area contributed by atoms with Gasteiger partial charge in [-0.25, -0.2) is 0 Å². The number of carbonyl (C=O) groups excluding carboxylic acids is 1. The summed E-state index contributed by atoms with van der Waals surface area (Å²) in [5.74, 6) is 2.08. The van der Waals surface area contributed by atoms with Gasteiger partial charge in [0.2, 0.25) is 0 Å². The molecule has 0 N–H and O–H groups in total. The van der Waals surface area contributed by atoms with Crippen molar-refractivity contribution in [3.8, 4) is 12.3 Å². The second kappa shape index (κ2) is 5.92. The van der Waals surface area contributed by atoms with Gasteiger partial charge in [-0.2, -0.15) is 0 Å². The number of amides is 1. The van der Waals surface area contributed by atoms with Crippen molar-refractivity contribution in [2.24, 2.45) is 0 Å². The van der Waals surface area contributed by atoms with E-state index in [1.165, 1.54) is 4.90 Å². The van der Waals surface area contributed by atoms with E-state index in [-0.39, 0.29) is 6.54 Å². The molecule has 0 saturated carbocycles. The number of hydrogen-bond donors (Lipinski definition) is 0. The Kier molecular flexibility index (Phi) is 5.08. The molecule has 4 nitrogen and oxygen atoms in total. The van der Waals surface area contributed by atoms with Gasteiger partial charge in [0, 0.05) is 0 Å². The fourth-order valence-electron chi connectivity index (χ4n) is 1.45. The van der Waals surface area contributed by atoms with Crippen LogP contribution in [0.25, 0.3) is 0 Å². The van der Waals surface area contributed by atoms with Gasteiger partial charge in [0.25, 0.3) is 5.91 Å². The minimum atomic E-state index is -1.15. The maximum Gasteiger partial charge on any atom is 0.257 e. The molecule has 0 spiro atoms. The Morgan fingerprint density at radius 2 is 2.06 bits per heavy atom. The van der Waals surface area contributed by atoms with E-state index in [0.717, 1.165) is 0 Å². The predicted octanol–water partition coefficient (Wildman–Crippen LogP) is 1.40. The minimum absolute atomic E-state index is 0.214. The first-order chi connectivity index (χ1) is 7.88. The molecule has 1 fully saturated rings. The summed E-state index contributed by atoms with van der Waals surface area (Å²) < 4.78 is 10.6. The van der Waals surface area contributed by atoms with Crippen LogP contribution in [0.5, 0.6) is 0 Å². The monoisotopic (exact) mass is 279 g/mol. The lowest BCUT2D eigenvalue weighted by molar-refractivity contribution is -0.140. The second-order valence-electron chi connectivity index (χ2n) is 4.12. The van der Waals surface area contributed by atoms with Crippen LogP contribution in [-0.4, -0.2) is 47.2 Å². The first-order valence-corrected chi connectivity index (χ1v) is 6.06. The maximum atomic E-state index is 11.9. The molecule has 17 heavy (non-hydrogen) atoms. The van der Waals surface area contributed by atoms with Crippen LogP contribution in [-0.2, 0) is 14.3 Å². The van der Waals surface area contributed by atoms with Gasteiger partial charge in [0.15, 0.2) is 11.1 Å². The molecule has 1 amide bonds. The Labute approximate surface area is 111 Å². The molecule has 6 heteroatoms. The molecule has 1 rings (SSSR count). The van der Waals surface area contributed by atoms with E-state index in [1.807, 2.05) is 0 Å². The molecule has 0 atom stereocenters. The van der Waals surface area contributed by atoms with Gasteiger partial charge in [-0.15, -0.1) is 6.42 Å². The Morgan fingerprint density at radius 1 is 1.53 bits per heavy atom. The van der Waals surface area contributed by atoms with Crippen LogP contribution < -0.4 is 0 Å². The van der Waals surface area contributed by atoms with Crippen LogP contribution in [0, 0.1) is 12.3 Å². The Hall–Kier alpha value is -0.470. The molecule has 0 aliphatic carbocycles. The van der Waals surface area contributed by atoms with E-state index in [1.54, 1.807) is 13.8 Å². The Morgan fingerprint density at radius 3 is 2.47 bits per heavy atom. The quantitative estimate of drug-likeness (QED) is 0.577.